The summed E-state index contributed by atoms with van der Waals surface area (Å²) in [6.07, 6.45) is 1.01. The van der Waals surface area contributed by atoms with E-state index >= 15 is 0 Å². The number of para-hydroxylation sites is 1. The molecule has 0 atom stereocenters. The summed E-state index contributed by atoms with van der Waals surface area (Å²) in [6.45, 7) is 11.8. The number of tetrazole rings is 1. The first-order valence-electron chi connectivity index (χ1n) is 11.6. The first kappa shape index (κ1) is 23.9. The van der Waals surface area contributed by atoms with Gasteiger partial charge in [0, 0.05) is 6.54 Å². The molecule has 0 bridgehead atoms. The van der Waals surface area contributed by atoms with Gasteiger partial charge in [-0.15, -0.1) is 15.3 Å². The van der Waals surface area contributed by atoms with Crippen LogP contribution >= 0.6 is 11.8 Å². The first-order chi connectivity index (χ1) is 16.5. The normalized spacial score (nSPS) is 11.4. The van der Waals surface area contributed by atoms with Crippen molar-refractivity contribution in [1.82, 2.24) is 35.0 Å². The molecule has 0 radical (unpaired) electrons. The molecule has 178 valence electrons. The Morgan fingerprint density at radius 1 is 0.941 bits per heavy atom. The lowest BCUT2D eigenvalue weighted by atomic mass is 10.1. The smallest absolute Gasteiger partial charge is 0.191 e. The number of hydrogen-bond donors (Lipinski definition) is 0. The lowest BCUT2D eigenvalue weighted by Crippen LogP contribution is -2.12. The van der Waals surface area contributed by atoms with Crippen LogP contribution in [0, 0.1) is 19.8 Å². The van der Waals surface area contributed by atoms with Crippen LogP contribution in [0.1, 0.15) is 49.1 Å². The van der Waals surface area contributed by atoms with Gasteiger partial charge in [-0.25, -0.2) is 0 Å². The molecular formula is C25H31N7OS. The number of aromatic nitrogens is 7. The van der Waals surface area contributed by atoms with Crippen molar-refractivity contribution in [1.29, 1.82) is 0 Å². The molecule has 8 nitrogen and oxygen atoms in total. The third kappa shape index (κ3) is 5.47. The molecule has 9 heteroatoms. The third-order valence-electron chi connectivity index (χ3n) is 5.56. The van der Waals surface area contributed by atoms with E-state index in [4.69, 9.17) is 4.74 Å². The quantitative estimate of drug-likeness (QED) is 0.299. The van der Waals surface area contributed by atoms with E-state index in [9.17, 15) is 0 Å². The van der Waals surface area contributed by atoms with Crippen molar-refractivity contribution in [2.45, 2.75) is 65.1 Å². The maximum Gasteiger partial charge on any atom is 0.191 e. The maximum absolute atomic E-state index is 6.01. The van der Waals surface area contributed by atoms with Crippen molar-refractivity contribution < 1.29 is 4.74 Å². The molecule has 0 aliphatic carbocycles. The summed E-state index contributed by atoms with van der Waals surface area (Å²) in [4.78, 5) is 0. The summed E-state index contributed by atoms with van der Waals surface area (Å²) in [5, 5.41) is 22.2. The zero-order chi connectivity index (χ0) is 24.1. The highest BCUT2D eigenvalue weighted by molar-refractivity contribution is 7.98. The van der Waals surface area contributed by atoms with Gasteiger partial charge >= 0.3 is 0 Å². The summed E-state index contributed by atoms with van der Waals surface area (Å²) >= 11 is 1.59. The molecule has 0 amide bonds. The van der Waals surface area contributed by atoms with Gasteiger partial charge < -0.3 is 9.30 Å². The van der Waals surface area contributed by atoms with E-state index in [1.165, 1.54) is 5.56 Å². The molecule has 0 saturated heterocycles. The Labute approximate surface area is 204 Å². The minimum atomic E-state index is 0.367. The second-order valence-corrected chi connectivity index (χ2v) is 9.67. The lowest BCUT2D eigenvalue weighted by molar-refractivity contribution is 0.284. The van der Waals surface area contributed by atoms with Crippen molar-refractivity contribution in [2.24, 2.45) is 5.92 Å². The maximum atomic E-state index is 6.01. The van der Waals surface area contributed by atoms with Gasteiger partial charge in [-0.05, 0) is 65.4 Å². The summed E-state index contributed by atoms with van der Waals surface area (Å²) in [6, 6.07) is 14.4. The molecule has 0 aliphatic rings. The predicted molar refractivity (Wildman–Crippen MR) is 133 cm³/mol. The summed E-state index contributed by atoms with van der Waals surface area (Å²) in [7, 11) is 0. The third-order valence-corrected chi connectivity index (χ3v) is 6.52. The van der Waals surface area contributed by atoms with Crippen molar-refractivity contribution in [3.8, 4) is 11.4 Å². The highest BCUT2D eigenvalue weighted by Crippen LogP contribution is 2.25. The molecular weight excluding hydrogens is 446 g/mol. The van der Waals surface area contributed by atoms with E-state index in [-0.39, 0.29) is 0 Å². The highest BCUT2D eigenvalue weighted by Gasteiger charge is 2.18. The first-order valence-corrected chi connectivity index (χ1v) is 12.5. The average Bonchev–Trinajstić information content (AvgIpc) is 3.43. The lowest BCUT2D eigenvalue weighted by Gasteiger charge is -2.13. The summed E-state index contributed by atoms with van der Waals surface area (Å²) in [5.74, 6) is 3.44. The van der Waals surface area contributed by atoms with E-state index < -0.39 is 0 Å². The predicted octanol–water partition coefficient (Wildman–Crippen LogP) is 4.96. The topological polar surface area (TPSA) is 83.5 Å². The van der Waals surface area contributed by atoms with E-state index in [1.54, 1.807) is 11.8 Å². The molecule has 2 aromatic carbocycles. The van der Waals surface area contributed by atoms with Crippen LogP contribution in [0.25, 0.3) is 5.69 Å². The Balaban J connectivity index is 1.51. The zero-order valence-electron chi connectivity index (χ0n) is 20.4. The van der Waals surface area contributed by atoms with Crippen LogP contribution in [0.15, 0.2) is 47.6 Å². The van der Waals surface area contributed by atoms with Gasteiger partial charge in [-0.1, -0.05) is 62.9 Å². The molecule has 4 aromatic rings. The number of aryl methyl sites for hydroxylation is 3. The number of thioether (sulfide) groups is 1. The molecule has 4 rings (SSSR count). The summed E-state index contributed by atoms with van der Waals surface area (Å²) < 4.78 is 9.98. The van der Waals surface area contributed by atoms with Crippen molar-refractivity contribution in [3.63, 3.8) is 0 Å². The van der Waals surface area contributed by atoms with Crippen LogP contribution in [0.5, 0.6) is 5.75 Å². The minimum Gasteiger partial charge on any atom is -0.486 e. The Hall–Kier alpha value is -3.20. The minimum absolute atomic E-state index is 0.367. The Kier molecular flexibility index (Phi) is 7.62. The van der Waals surface area contributed by atoms with Crippen molar-refractivity contribution in [2.75, 3.05) is 0 Å². The second kappa shape index (κ2) is 10.8. The van der Waals surface area contributed by atoms with E-state index in [2.05, 4.69) is 89.2 Å². The number of nitrogens with zero attached hydrogens (tertiary/aromatic N) is 7. The largest absolute Gasteiger partial charge is 0.486 e. The number of rotatable bonds is 10. The fraction of sp³-hybridized carbons (Fsp3) is 0.400. The van der Waals surface area contributed by atoms with Gasteiger partial charge in [0.1, 0.15) is 12.4 Å². The fourth-order valence-corrected chi connectivity index (χ4v) is 4.66. The molecule has 2 heterocycles. The molecule has 0 saturated carbocycles. The van der Waals surface area contributed by atoms with Crippen LogP contribution < -0.4 is 4.74 Å². The van der Waals surface area contributed by atoms with Crippen LogP contribution in [-0.2, 0) is 25.3 Å². The van der Waals surface area contributed by atoms with Gasteiger partial charge in [0.2, 0.25) is 0 Å². The standard InChI is InChI=1S/C25H31N7OS/c1-6-20-10-12-21(13-11-20)33-15-22-26-28-25(31(22)14-17(2)3)34-16-23-27-29-30-32(23)24-18(4)8-7-9-19(24)5/h7-13,17H,6,14-16H2,1-5H3. The fourth-order valence-electron chi connectivity index (χ4n) is 3.79. The molecule has 0 aliphatic heterocycles. The van der Waals surface area contributed by atoms with Gasteiger partial charge in [0.05, 0.1) is 11.4 Å². The highest BCUT2D eigenvalue weighted by atomic mass is 32.2. The molecule has 34 heavy (non-hydrogen) atoms. The van der Waals surface area contributed by atoms with Gasteiger partial charge in [-0.2, -0.15) is 4.68 Å². The molecule has 2 aromatic heterocycles. The number of hydrogen-bond acceptors (Lipinski definition) is 7. The molecule has 0 unspecified atom stereocenters. The molecule has 0 spiro atoms. The number of ether oxygens (including phenoxy) is 1. The Morgan fingerprint density at radius 3 is 2.35 bits per heavy atom. The van der Waals surface area contributed by atoms with Gasteiger partial charge in [-0.3, -0.25) is 0 Å². The molecule has 0 fully saturated rings. The molecule has 0 N–H and O–H groups in total. The van der Waals surface area contributed by atoms with Crippen molar-refractivity contribution in [3.05, 3.63) is 70.8 Å². The second-order valence-electron chi connectivity index (χ2n) is 8.73. The summed E-state index contributed by atoms with van der Waals surface area (Å²) in [5.41, 5.74) is 4.58. The Morgan fingerprint density at radius 2 is 1.68 bits per heavy atom. The zero-order valence-corrected chi connectivity index (χ0v) is 21.2. The van der Waals surface area contributed by atoms with Crippen LogP contribution in [0.3, 0.4) is 0 Å². The Bertz CT molecular complexity index is 1210. The van der Waals surface area contributed by atoms with Gasteiger partial charge in [0.25, 0.3) is 0 Å². The monoisotopic (exact) mass is 477 g/mol. The average molecular weight is 478 g/mol. The van der Waals surface area contributed by atoms with Crippen LogP contribution in [0.4, 0.5) is 0 Å². The van der Waals surface area contributed by atoms with Crippen molar-refractivity contribution >= 4 is 11.8 Å². The SMILES string of the molecule is CCc1ccc(OCc2nnc(SCc3nnnn3-c3c(C)cccc3C)n2CC(C)C)cc1. The van der Waals surface area contributed by atoms with Crippen LogP contribution in [-0.4, -0.2) is 35.0 Å². The number of benzene rings is 2. The van der Waals surface area contributed by atoms with E-state index in [0.29, 0.717) is 18.3 Å². The van der Waals surface area contributed by atoms with Gasteiger partial charge in [0.15, 0.2) is 16.8 Å². The van der Waals surface area contributed by atoms with E-state index in [1.807, 2.05) is 22.9 Å². The van der Waals surface area contributed by atoms with E-state index in [0.717, 1.165) is 52.3 Å². The van der Waals surface area contributed by atoms with Crippen LogP contribution in [0.2, 0.25) is 0 Å².